The molecule has 0 aliphatic rings. The smallest absolute Gasteiger partial charge is 0.322 e. The van der Waals surface area contributed by atoms with Crippen molar-refractivity contribution in [1.29, 1.82) is 0 Å². The Morgan fingerprint density at radius 2 is 1.55 bits per heavy atom. The summed E-state index contributed by atoms with van der Waals surface area (Å²) in [6, 6.07) is 21.1. The quantitative estimate of drug-likeness (QED) is 0.191. The minimum atomic E-state index is -4.45. The number of pyridine rings is 1. The number of anilines is 2. The van der Waals surface area contributed by atoms with Gasteiger partial charge in [-0.15, -0.1) is 0 Å². The highest BCUT2D eigenvalue weighted by molar-refractivity contribution is 6.10. The summed E-state index contributed by atoms with van der Waals surface area (Å²) in [5.74, 6) is -0.612. The van der Waals surface area contributed by atoms with Gasteiger partial charge in [-0.05, 0) is 84.8 Å². The van der Waals surface area contributed by atoms with Gasteiger partial charge in [0.25, 0.3) is 5.91 Å². The molecule has 1 aromatic heterocycles. The number of nitrogens with zero attached hydrogens (tertiary/aromatic N) is 1. The molecule has 0 saturated carbocycles. The van der Waals surface area contributed by atoms with Crippen molar-refractivity contribution in [1.82, 2.24) is 4.98 Å². The largest absolute Gasteiger partial charge is 0.416 e. The molecule has 3 aromatic carbocycles. The number of hydrogen-bond donors (Lipinski definition) is 2. The SMILES string of the molecule is CC(=O)Nc1cccc(C=CC(=O)c2ccc(NC(=O)c3ccc(C)cc3-c3ccc(C(F)(F)F)cc3)cc2)n1. The first-order chi connectivity index (χ1) is 19.0. The van der Waals surface area contributed by atoms with Crippen molar-refractivity contribution in [3.8, 4) is 11.1 Å². The normalized spacial score (nSPS) is 11.3. The molecule has 4 rings (SSSR count). The molecule has 40 heavy (non-hydrogen) atoms. The van der Waals surface area contributed by atoms with Gasteiger partial charge >= 0.3 is 6.18 Å². The predicted octanol–water partition coefficient (Wildman–Crippen LogP) is 7.18. The van der Waals surface area contributed by atoms with E-state index in [0.29, 0.717) is 39.5 Å². The fourth-order valence-electron chi connectivity index (χ4n) is 3.90. The van der Waals surface area contributed by atoms with E-state index in [4.69, 9.17) is 0 Å². The number of alkyl halides is 3. The topological polar surface area (TPSA) is 88.2 Å². The highest BCUT2D eigenvalue weighted by atomic mass is 19.4. The minimum absolute atomic E-state index is 0.255. The van der Waals surface area contributed by atoms with Crippen molar-refractivity contribution in [3.63, 3.8) is 0 Å². The van der Waals surface area contributed by atoms with Crippen LogP contribution in [0.25, 0.3) is 17.2 Å². The lowest BCUT2D eigenvalue weighted by Gasteiger charge is -2.13. The molecule has 0 radical (unpaired) electrons. The fraction of sp³-hybridized carbons (Fsp3) is 0.0968. The Balaban J connectivity index is 1.47. The number of aryl methyl sites for hydroxylation is 1. The third kappa shape index (κ3) is 7.08. The Kier molecular flexibility index (Phi) is 8.23. The zero-order valence-electron chi connectivity index (χ0n) is 21.5. The van der Waals surface area contributed by atoms with E-state index in [1.165, 1.54) is 31.2 Å². The van der Waals surface area contributed by atoms with Crippen LogP contribution in [0.5, 0.6) is 0 Å². The molecule has 0 saturated heterocycles. The number of ketones is 1. The second-order valence-electron chi connectivity index (χ2n) is 8.98. The number of hydrogen-bond acceptors (Lipinski definition) is 4. The number of carbonyl (C=O) groups excluding carboxylic acids is 3. The maximum Gasteiger partial charge on any atom is 0.416 e. The van der Waals surface area contributed by atoms with Crippen molar-refractivity contribution >= 4 is 35.2 Å². The summed E-state index contributed by atoms with van der Waals surface area (Å²) in [5.41, 5.74) is 2.66. The monoisotopic (exact) mass is 543 g/mol. The van der Waals surface area contributed by atoms with Crippen LogP contribution in [0.4, 0.5) is 24.7 Å². The van der Waals surface area contributed by atoms with E-state index in [0.717, 1.165) is 17.7 Å². The Bertz CT molecular complexity index is 1590. The molecule has 0 unspecified atom stereocenters. The van der Waals surface area contributed by atoms with Gasteiger partial charge in [0.15, 0.2) is 5.78 Å². The lowest BCUT2D eigenvalue weighted by molar-refractivity contribution is -0.137. The van der Waals surface area contributed by atoms with Crippen LogP contribution in [0.1, 0.15) is 44.5 Å². The molecule has 0 aliphatic carbocycles. The molecule has 202 valence electrons. The number of nitrogens with one attached hydrogen (secondary N) is 2. The number of benzene rings is 3. The summed E-state index contributed by atoms with van der Waals surface area (Å²) >= 11 is 0. The van der Waals surface area contributed by atoms with E-state index in [1.807, 2.05) is 6.92 Å². The second-order valence-corrected chi connectivity index (χ2v) is 8.98. The lowest BCUT2D eigenvalue weighted by atomic mass is 9.96. The molecule has 2 amide bonds. The standard InChI is InChI=1S/C31H24F3N3O3/c1-19-6-16-26(27(18-19)21-7-11-23(12-8-21)31(32,33)34)30(40)37-25-13-9-22(10-14-25)28(39)17-15-24-4-3-5-29(36-24)35-20(2)38/h3-18H,1-2H3,(H,37,40)(H,35,36,38). The van der Waals surface area contributed by atoms with Crippen LogP contribution in [-0.2, 0) is 11.0 Å². The summed E-state index contributed by atoms with van der Waals surface area (Å²) in [6.45, 7) is 3.20. The van der Waals surface area contributed by atoms with Crippen LogP contribution in [0.3, 0.4) is 0 Å². The van der Waals surface area contributed by atoms with Crippen LogP contribution < -0.4 is 10.6 Å². The van der Waals surface area contributed by atoms with Gasteiger partial charge in [-0.3, -0.25) is 14.4 Å². The van der Waals surface area contributed by atoms with Gasteiger partial charge in [0, 0.05) is 23.7 Å². The Morgan fingerprint density at radius 1 is 0.850 bits per heavy atom. The molecule has 2 N–H and O–H groups in total. The summed E-state index contributed by atoms with van der Waals surface area (Å²) in [7, 11) is 0. The molecular formula is C31H24F3N3O3. The highest BCUT2D eigenvalue weighted by Crippen LogP contribution is 2.32. The molecular weight excluding hydrogens is 519 g/mol. The second kappa shape index (κ2) is 11.8. The van der Waals surface area contributed by atoms with Gasteiger partial charge in [0.05, 0.1) is 11.3 Å². The number of rotatable bonds is 7. The zero-order chi connectivity index (χ0) is 28.9. The van der Waals surface area contributed by atoms with Crippen LogP contribution in [0.2, 0.25) is 0 Å². The number of amides is 2. The zero-order valence-corrected chi connectivity index (χ0v) is 21.5. The Morgan fingerprint density at radius 3 is 2.20 bits per heavy atom. The van der Waals surface area contributed by atoms with Gasteiger partial charge < -0.3 is 10.6 Å². The maximum absolute atomic E-state index is 13.1. The van der Waals surface area contributed by atoms with Crippen LogP contribution in [0.15, 0.2) is 91.0 Å². The first-order valence-corrected chi connectivity index (χ1v) is 12.2. The van der Waals surface area contributed by atoms with Crippen molar-refractivity contribution in [2.45, 2.75) is 20.0 Å². The van der Waals surface area contributed by atoms with Crippen molar-refractivity contribution in [3.05, 3.63) is 119 Å². The minimum Gasteiger partial charge on any atom is -0.322 e. The Hall–Kier alpha value is -5.05. The lowest BCUT2D eigenvalue weighted by Crippen LogP contribution is -2.13. The van der Waals surface area contributed by atoms with E-state index >= 15 is 0 Å². The van der Waals surface area contributed by atoms with E-state index in [1.54, 1.807) is 60.7 Å². The summed E-state index contributed by atoms with van der Waals surface area (Å²) < 4.78 is 38.9. The van der Waals surface area contributed by atoms with Crippen molar-refractivity contribution < 1.29 is 27.6 Å². The molecule has 0 atom stereocenters. The van der Waals surface area contributed by atoms with Crippen LogP contribution >= 0.6 is 0 Å². The molecule has 1 heterocycles. The van der Waals surface area contributed by atoms with Gasteiger partial charge in [-0.2, -0.15) is 13.2 Å². The Labute approximate surface area is 228 Å². The van der Waals surface area contributed by atoms with E-state index in [9.17, 15) is 27.6 Å². The number of halogens is 3. The first kappa shape index (κ1) is 28.0. The fourth-order valence-corrected chi connectivity index (χ4v) is 3.90. The van der Waals surface area contributed by atoms with Gasteiger partial charge in [0.2, 0.25) is 5.91 Å². The number of aromatic nitrogens is 1. The van der Waals surface area contributed by atoms with Crippen molar-refractivity contribution in [2.24, 2.45) is 0 Å². The van der Waals surface area contributed by atoms with E-state index in [2.05, 4.69) is 15.6 Å². The van der Waals surface area contributed by atoms with Gasteiger partial charge in [-0.25, -0.2) is 4.98 Å². The number of carbonyl (C=O) groups is 3. The number of allylic oxidation sites excluding steroid dienone is 1. The summed E-state index contributed by atoms with van der Waals surface area (Å²) in [6.07, 6.45) is -1.57. The molecule has 9 heteroatoms. The van der Waals surface area contributed by atoms with Gasteiger partial charge in [0.1, 0.15) is 5.82 Å². The molecule has 0 aliphatic heterocycles. The third-order valence-electron chi connectivity index (χ3n) is 5.85. The highest BCUT2D eigenvalue weighted by Gasteiger charge is 2.30. The van der Waals surface area contributed by atoms with Crippen LogP contribution in [-0.4, -0.2) is 22.6 Å². The third-order valence-corrected chi connectivity index (χ3v) is 5.85. The van der Waals surface area contributed by atoms with E-state index < -0.39 is 17.6 Å². The average molecular weight is 544 g/mol. The summed E-state index contributed by atoms with van der Waals surface area (Å²) in [5, 5.41) is 5.35. The maximum atomic E-state index is 13.1. The molecule has 4 aromatic rings. The first-order valence-electron chi connectivity index (χ1n) is 12.2. The van der Waals surface area contributed by atoms with Crippen molar-refractivity contribution in [2.75, 3.05) is 10.6 Å². The summed E-state index contributed by atoms with van der Waals surface area (Å²) in [4.78, 5) is 41.2. The molecule has 6 nitrogen and oxygen atoms in total. The molecule has 0 fully saturated rings. The molecule has 0 bridgehead atoms. The van der Waals surface area contributed by atoms with Crippen LogP contribution in [0, 0.1) is 6.92 Å². The predicted molar refractivity (Wildman–Crippen MR) is 148 cm³/mol. The van der Waals surface area contributed by atoms with Gasteiger partial charge in [-0.1, -0.05) is 35.9 Å². The van der Waals surface area contributed by atoms with E-state index in [-0.39, 0.29) is 11.7 Å². The molecule has 0 spiro atoms. The average Bonchev–Trinajstić information content (AvgIpc) is 2.91.